The number of benzene rings is 1. The van der Waals surface area contributed by atoms with E-state index in [-0.39, 0.29) is 5.82 Å². The van der Waals surface area contributed by atoms with Crippen molar-refractivity contribution in [2.75, 3.05) is 0 Å². The van der Waals surface area contributed by atoms with Crippen LogP contribution in [0.5, 0.6) is 0 Å². The lowest BCUT2D eigenvalue weighted by molar-refractivity contribution is 0.589. The molecule has 2 aliphatic rings. The minimum absolute atomic E-state index is 0.0943. The molecule has 1 saturated carbocycles. The Hall–Kier alpha value is -0.370. The molecule has 0 nitrogen and oxygen atoms in total. The third-order valence-corrected chi connectivity index (χ3v) is 4.20. The zero-order chi connectivity index (χ0) is 9.71. The molecule has 0 spiro atoms. The van der Waals surface area contributed by atoms with Crippen molar-refractivity contribution in [3.63, 3.8) is 0 Å². The molecule has 0 aromatic heterocycles. The Morgan fingerprint density at radius 2 is 2.00 bits per heavy atom. The molecule has 0 radical (unpaired) electrons. The fourth-order valence-electron chi connectivity index (χ4n) is 2.66. The van der Waals surface area contributed by atoms with Crippen molar-refractivity contribution in [3.8, 4) is 0 Å². The number of rotatable bonds is 1. The maximum Gasteiger partial charge on any atom is 0.124 e. The van der Waals surface area contributed by atoms with Crippen molar-refractivity contribution in [2.24, 2.45) is 5.92 Å². The first-order chi connectivity index (χ1) is 6.75. The summed E-state index contributed by atoms with van der Waals surface area (Å²) in [5.41, 5.74) is 2.63. The Balaban J connectivity index is 2.08. The van der Waals surface area contributed by atoms with Crippen LogP contribution in [-0.2, 0) is 6.42 Å². The van der Waals surface area contributed by atoms with Crippen molar-refractivity contribution >= 4 is 15.9 Å². The molecule has 74 valence electrons. The standard InChI is InChI=1S/C12H12BrF/c13-12-6-8(14)5-11-9(7-1-2-7)3-4-10(11)12/h5-7,9H,1-4H2. The minimum atomic E-state index is -0.0943. The smallest absolute Gasteiger partial charge is 0.124 e. The summed E-state index contributed by atoms with van der Waals surface area (Å²) in [7, 11) is 0. The summed E-state index contributed by atoms with van der Waals surface area (Å²) in [5, 5.41) is 0. The first-order valence-corrected chi connectivity index (χ1v) is 6.03. The van der Waals surface area contributed by atoms with E-state index in [4.69, 9.17) is 0 Å². The quantitative estimate of drug-likeness (QED) is 0.710. The van der Waals surface area contributed by atoms with Gasteiger partial charge in [-0.15, -0.1) is 0 Å². The van der Waals surface area contributed by atoms with Gasteiger partial charge in [-0.1, -0.05) is 15.9 Å². The second kappa shape index (κ2) is 3.06. The van der Waals surface area contributed by atoms with Crippen LogP contribution in [0.25, 0.3) is 0 Å². The van der Waals surface area contributed by atoms with Crippen LogP contribution in [0.4, 0.5) is 4.39 Å². The maximum atomic E-state index is 13.2. The van der Waals surface area contributed by atoms with Crippen LogP contribution in [0.15, 0.2) is 16.6 Å². The van der Waals surface area contributed by atoms with Gasteiger partial charge >= 0.3 is 0 Å². The molecule has 0 amide bonds. The minimum Gasteiger partial charge on any atom is -0.207 e. The molecule has 0 bridgehead atoms. The average molecular weight is 255 g/mol. The van der Waals surface area contributed by atoms with Gasteiger partial charge in [0, 0.05) is 4.47 Å². The highest BCUT2D eigenvalue weighted by Crippen LogP contribution is 2.50. The Labute approximate surface area is 91.6 Å². The highest BCUT2D eigenvalue weighted by atomic mass is 79.9. The van der Waals surface area contributed by atoms with Crippen molar-refractivity contribution in [2.45, 2.75) is 31.6 Å². The number of halogens is 2. The number of hydrogen-bond donors (Lipinski definition) is 0. The Bertz CT molecular complexity index is 382. The van der Waals surface area contributed by atoms with E-state index in [1.807, 2.05) is 0 Å². The fraction of sp³-hybridized carbons (Fsp3) is 0.500. The second-order valence-electron chi connectivity index (χ2n) is 4.44. The molecular weight excluding hydrogens is 243 g/mol. The summed E-state index contributed by atoms with van der Waals surface area (Å²) in [6.07, 6.45) is 5.04. The van der Waals surface area contributed by atoms with E-state index in [0.29, 0.717) is 5.92 Å². The predicted octanol–water partition coefficient (Wildman–Crippen LogP) is 4.03. The van der Waals surface area contributed by atoms with Gasteiger partial charge in [-0.05, 0) is 60.8 Å². The van der Waals surface area contributed by atoms with E-state index < -0.39 is 0 Å². The van der Waals surface area contributed by atoms with Gasteiger partial charge in [-0.2, -0.15) is 0 Å². The van der Waals surface area contributed by atoms with Gasteiger partial charge in [0.1, 0.15) is 5.82 Å². The van der Waals surface area contributed by atoms with Gasteiger partial charge < -0.3 is 0 Å². The van der Waals surface area contributed by atoms with Gasteiger partial charge in [0.25, 0.3) is 0 Å². The van der Waals surface area contributed by atoms with Crippen LogP contribution >= 0.6 is 15.9 Å². The van der Waals surface area contributed by atoms with Gasteiger partial charge in [0.2, 0.25) is 0 Å². The van der Waals surface area contributed by atoms with Crippen molar-refractivity contribution in [1.29, 1.82) is 0 Å². The van der Waals surface area contributed by atoms with Crippen molar-refractivity contribution < 1.29 is 4.39 Å². The SMILES string of the molecule is Fc1cc(Br)c2c(c1)C(C1CC1)CC2. The van der Waals surface area contributed by atoms with Crippen LogP contribution in [0, 0.1) is 11.7 Å². The summed E-state index contributed by atoms with van der Waals surface area (Å²) in [5.74, 6) is 1.41. The largest absolute Gasteiger partial charge is 0.207 e. The lowest BCUT2D eigenvalue weighted by Crippen LogP contribution is -1.96. The summed E-state index contributed by atoms with van der Waals surface area (Å²) >= 11 is 3.46. The third kappa shape index (κ3) is 1.31. The molecule has 3 rings (SSSR count). The van der Waals surface area contributed by atoms with Crippen LogP contribution < -0.4 is 0 Å². The van der Waals surface area contributed by atoms with Gasteiger partial charge in [0.15, 0.2) is 0 Å². The zero-order valence-electron chi connectivity index (χ0n) is 7.89. The fourth-order valence-corrected chi connectivity index (χ4v) is 3.31. The Morgan fingerprint density at radius 3 is 2.71 bits per heavy atom. The van der Waals surface area contributed by atoms with Gasteiger partial charge in [-0.25, -0.2) is 4.39 Å². The average Bonchev–Trinajstić information content (AvgIpc) is 2.87. The van der Waals surface area contributed by atoms with E-state index >= 15 is 0 Å². The normalized spacial score (nSPS) is 25.1. The summed E-state index contributed by atoms with van der Waals surface area (Å²) in [4.78, 5) is 0. The molecule has 1 aromatic carbocycles. The molecule has 1 aromatic rings. The van der Waals surface area contributed by atoms with Crippen molar-refractivity contribution in [3.05, 3.63) is 33.5 Å². The highest BCUT2D eigenvalue weighted by Gasteiger charge is 2.37. The van der Waals surface area contributed by atoms with Crippen LogP contribution in [0.1, 0.15) is 36.3 Å². The maximum absolute atomic E-state index is 13.2. The monoisotopic (exact) mass is 254 g/mol. The Kier molecular flexibility index (Phi) is 1.94. The van der Waals surface area contributed by atoms with Crippen LogP contribution in [0.2, 0.25) is 0 Å². The van der Waals surface area contributed by atoms with Gasteiger partial charge in [-0.3, -0.25) is 0 Å². The third-order valence-electron chi connectivity index (χ3n) is 3.49. The summed E-state index contributed by atoms with van der Waals surface area (Å²) < 4.78 is 14.2. The van der Waals surface area contributed by atoms with Crippen molar-refractivity contribution in [1.82, 2.24) is 0 Å². The number of fused-ring (bicyclic) bond motifs is 1. The zero-order valence-corrected chi connectivity index (χ0v) is 9.48. The summed E-state index contributed by atoms with van der Waals surface area (Å²) in [6.45, 7) is 0. The lowest BCUT2D eigenvalue weighted by Gasteiger charge is -2.10. The van der Waals surface area contributed by atoms with E-state index in [0.717, 1.165) is 16.8 Å². The first-order valence-electron chi connectivity index (χ1n) is 5.23. The molecule has 1 unspecified atom stereocenters. The molecule has 0 aliphatic heterocycles. The predicted molar refractivity (Wildman–Crippen MR) is 57.9 cm³/mol. The molecule has 1 fully saturated rings. The first kappa shape index (κ1) is 8.90. The van der Waals surface area contributed by atoms with Crippen LogP contribution in [-0.4, -0.2) is 0 Å². The molecule has 2 aliphatic carbocycles. The van der Waals surface area contributed by atoms with E-state index in [9.17, 15) is 4.39 Å². The van der Waals surface area contributed by atoms with E-state index in [1.165, 1.54) is 30.4 Å². The second-order valence-corrected chi connectivity index (χ2v) is 5.29. The molecule has 14 heavy (non-hydrogen) atoms. The lowest BCUT2D eigenvalue weighted by atomic mass is 9.96. The topological polar surface area (TPSA) is 0 Å². The van der Waals surface area contributed by atoms with E-state index in [2.05, 4.69) is 15.9 Å². The highest BCUT2D eigenvalue weighted by molar-refractivity contribution is 9.10. The number of hydrogen-bond acceptors (Lipinski definition) is 0. The molecule has 0 heterocycles. The molecule has 2 heteroatoms. The molecular formula is C12H12BrF. The van der Waals surface area contributed by atoms with E-state index in [1.54, 1.807) is 12.1 Å². The summed E-state index contributed by atoms with van der Waals surface area (Å²) in [6, 6.07) is 3.34. The molecule has 0 N–H and O–H groups in total. The Morgan fingerprint density at radius 1 is 1.21 bits per heavy atom. The van der Waals surface area contributed by atoms with Crippen LogP contribution in [0.3, 0.4) is 0 Å². The molecule has 0 saturated heterocycles. The molecule has 1 atom stereocenters. The van der Waals surface area contributed by atoms with Gasteiger partial charge in [0.05, 0.1) is 0 Å².